The van der Waals surface area contributed by atoms with Gasteiger partial charge in [-0.15, -0.1) is 0 Å². The summed E-state index contributed by atoms with van der Waals surface area (Å²) in [5, 5.41) is 22.1. The lowest BCUT2D eigenvalue weighted by molar-refractivity contribution is -0.394. The van der Waals surface area contributed by atoms with Crippen molar-refractivity contribution in [2.75, 3.05) is 13.2 Å². The van der Waals surface area contributed by atoms with Crippen LogP contribution in [0.15, 0.2) is 71.6 Å². The monoisotopic (exact) mass is 535 g/mol. The molecule has 0 aliphatic carbocycles. The Kier molecular flexibility index (Phi) is 8.02. The summed E-state index contributed by atoms with van der Waals surface area (Å²) < 4.78 is 11.3. The maximum Gasteiger partial charge on any atom is 0.318 e. The minimum Gasteiger partial charge on any atom is -0.490 e. The van der Waals surface area contributed by atoms with Crippen LogP contribution in [0.4, 0.5) is 16.2 Å². The number of nitrogens with zero attached hydrogens (tertiary/aromatic N) is 3. The number of nitro benzene ring substituents is 2. The fraction of sp³-hybridized carbons (Fsp3) is 0.154. The fourth-order valence-corrected chi connectivity index (χ4v) is 4.53. The molecule has 0 saturated carbocycles. The van der Waals surface area contributed by atoms with Crippen molar-refractivity contribution in [1.29, 1.82) is 0 Å². The molecule has 0 unspecified atom stereocenters. The number of thioether (sulfide) groups is 1. The molecule has 38 heavy (non-hydrogen) atoms. The van der Waals surface area contributed by atoms with Crippen LogP contribution in [0.2, 0.25) is 0 Å². The van der Waals surface area contributed by atoms with Crippen LogP contribution in [0.5, 0.6) is 17.2 Å². The highest BCUT2D eigenvalue weighted by molar-refractivity contribution is 8.18. The zero-order valence-corrected chi connectivity index (χ0v) is 20.9. The molecule has 2 amide bonds. The molecule has 1 heterocycles. The van der Waals surface area contributed by atoms with Gasteiger partial charge in [-0.05, 0) is 60.5 Å². The van der Waals surface area contributed by atoms with Crippen LogP contribution < -0.4 is 9.47 Å². The van der Waals surface area contributed by atoms with Gasteiger partial charge in [-0.2, -0.15) is 0 Å². The highest BCUT2D eigenvalue weighted by atomic mass is 32.2. The van der Waals surface area contributed by atoms with Gasteiger partial charge in [0.25, 0.3) is 16.8 Å². The Morgan fingerprint density at radius 2 is 1.66 bits per heavy atom. The third-order valence-corrected chi connectivity index (χ3v) is 6.38. The lowest BCUT2D eigenvalue weighted by Crippen LogP contribution is -2.30. The van der Waals surface area contributed by atoms with Crippen molar-refractivity contribution >= 4 is 40.4 Å². The van der Waals surface area contributed by atoms with E-state index in [1.54, 1.807) is 25.1 Å². The first-order valence-corrected chi connectivity index (χ1v) is 12.2. The van der Waals surface area contributed by atoms with E-state index in [4.69, 9.17) is 9.47 Å². The number of carbonyl (C=O) groups is 2. The molecular formula is C26H21N3O8S. The molecule has 0 radical (unpaired) electrons. The Labute approximate surface area is 221 Å². The third-order valence-electron chi connectivity index (χ3n) is 5.48. The minimum atomic E-state index is -0.773. The highest BCUT2D eigenvalue weighted by Gasteiger charge is 2.34. The van der Waals surface area contributed by atoms with Gasteiger partial charge in [0.2, 0.25) is 5.75 Å². The van der Waals surface area contributed by atoms with E-state index in [1.807, 2.05) is 30.3 Å². The van der Waals surface area contributed by atoms with Gasteiger partial charge in [0.1, 0.15) is 0 Å². The summed E-state index contributed by atoms with van der Waals surface area (Å²) in [7, 11) is 0. The number of nitro groups is 2. The third kappa shape index (κ3) is 5.98. The maximum atomic E-state index is 12.9. The lowest BCUT2D eigenvalue weighted by Gasteiger charge is -2.13. The molecule has 1 fully saturated rings. The smallest absolute Gasteiger partial charge is 0.318 e. The fourth-order valence-electron chi connectivity index (χ4n) is 3.66. The van der Waals surface area contributed by atoms with E-state index in [-0.39, 0.29) is 40.5 Å². The van der Waals surface area contributed by atoms with E-state index in [9.17, 15) is 29.8 Å². The Morgan fingerprint density at radius 3 is 2.34 bits per heavy atom. The second-order valence-corrected chi connectivity index (χ2v) is 8.97. The first-order chi connectivity index (χ1) is 18.3. The number of hydrogen-bond acceptors (Lipinski definition) is 9. The second kappa shape index (κ2) is 11.6. The molecule has 3 aromatic carbocycles. The van der Waals surface area contributed by atoms with Gasteiger partial charge >= 0.3 is 5.69 Å². The molecule has 0 aromatic heterocycles. The number of amides is 2. The molecule has 1 aliphatic rings. The number of hydrogen-bond donors (Lipinski definition) is 0. The van der Waals surface area contributed by atoms with Crippen molar-refractivity contribution in [2.24, 2.45) is 0 Å². The normalized spacial score (nSPS) is 14.1. The van der Waals surface area contributed by atoms with E-state index in [2.05, 4.69) is 0 Å². The number of rotatable bonds is 10. The largest absolute Gasteiger partial charge is 0.490 e. The van der Waals surface area contributed by atoms with Crippen molar-refractivity contribution in [3.8, 4) is 17.2 Å². The lowest BCUT2D eigenvalue weighted by atomic mass is 10.1. The molecular weight excluding hydrogens is 514 g/mol. The predicted octanol–water partition coefficient (Wildman–Crippen LogP) is 5.97. The van der Waals surface area contributed by atoms with Gasteiger partial charge in [0, 0.05) is 12.6 Å². The van der Waals surface area contributed by atoms with Crippen molar-refractivity contribution < 1.29 is 28.9 Å². The van der Waals surface area contributed by atoms with Crippen LogP contribution in [0.3, 0.4) is 0 Å². The zero-order valence-electron chi connectivity index (χ0n) is 20.1. The van der Waals surface area contributed by atoms with Gasteiger partial charge in [-0.3, -0.25) is 34.7 Å². The summed E-state index contributed by atoms with van der Waals surface area (Å²) >= 11 is 0.843. The summed E-state index contributed by atoms with van der Waals surface area (Å²) in [6.07, 6.45) is 2.11. The van der Waals surface area contributed by atoms with Crippen LogP contribution >= 0.6 is 11.8 Å². The number of benzene rings is 3. The number of non-ortho nitro benzene ring substituents is 1. The number of carbonyl (C=O) groups excluding carboxylic acids is 2. The van der Waals surface area contributed by atoms with E-state index in [0.29, 0.717) is 12.0 Å². The van der Waals surface area contributed by atoms with Gasteiger partial charge in [-0.25, -0.2) is 0 Å². The molecule has 0 spiro atoms. The highest BCUT2D eigenvalue weighted by Crippen LogP contribution is 2.39. The molecule has 1 aliphatic heterocycles. The standard InChI is InChI=1S/C26H21N3O8S/c1-2-36-23-14-18(8-10-22(23)37-21-11-9-19(28(32)33)16-20(21)29(34)35)15-24-25(30)27(26(31)38-24)13-12-17-6-4-3-5-7-17/h3-11,14-16H,2,12-13H2,1H3/b24-15+. The van der Waals surface area contributed by atoms with Crippen molar-refractivity contribution in [1.82, 2.24) is 4.90 Å². The Balaban J connectivity index is 1.56. The van der Waals surface area contributed by atoms with Crippen LogP contribution in [-0.2, 0) is 11.2 Å². The van der Waals surface area contributed by atoms with E-state index >= 15 is 0 Å². The Bertz CT molecular complexity index is 1440. The van der Waals surface area contributed by atoms with Crippen molar-refractivity contribution in [2.45, 2.75) is 13.3 Å². The summed E-state index contributed by atoms with van der Waals surface area (Å²) in [5.41, 5.74) is 0.547. The molecule has 3 aromatic rings. The molecule has 4 rings (SSSR count). The first kappa shape index (κ1) is 26.4. The Morgan fingerprint density at radius 1 is 0.921 bits per heavy atom. The van der Waals surface area contributed by atoms with Crippen molar-refractivity contribution in [3.63, 3.8) is 0 Å². The van der Waals surface area contributed by atoms with Crippen LogP contribution in [0, 0.1) is 20.2 Å². The number of ether oxygens (including phenoxy) is 2. The average molecular weight is 536 g/mol. The molecule has 0 bridgehead atoms. The molecule has 0 N–H and O–H groups in total. The molecule has 0 atom stereocenters. The predicted molar refractivity (Wildman–Crippen MR) is 140 cm³/mol. The summed E-state index contributed by atoms with van der Waals surface area (Å²) in [4.78, 5) is 47.8. The van der Waals surface area contributed by atoms with Gasteiger partial charge < -0.3 is 9.47 Å². The Hall–Kier alpha value is -4.71. The van der Waals surface area contributed by atoms with Gasteiger partial charge in [-0.1, -0.05) is 36.4 Å². The molecule has 1 saturated heterocycles. The summed E-state index contributed by atoms with van der Waals surface area (Å²) in [6, 6.07) is 17.3. The van der Waals surface area contributed by atoms with Crippen molar-refractivity contribution in [3.05, 3.63) is 103 Å². The SMILES string of the molecule is CCOc1cc(/C=C2/SC(=O)N(CCc3ccccc3)C2=O)ccc1Oc1ccc([N+](=O)[O-])cc1[N+](=O)[O-]. The summed E-state index contributed by atoms with van der Waals surface area (Å²) in [6.45, 7) is 2.25. The molecule has 194 valence electrons. The topological polar surface area (TPSA) is 142 Å². The van der Waals surface area contributed by atoms with Crippen LogP contribution in [-0.4, -0.2) is 39.0 Å². The van der Waals surface area contributed by atoms with Crippen LogP contribution in [0.25, 0.3) is 6.08 Å². The van der Waals surface area contributed by atoms with Crippen LogP contribution in [0.1, 0.15) is 18.1 Å². The molecule has 11 nitrogen and oxygen atoms in total. The summed E-state index contributed by atoms with van der Waals surface area (Å²) in [5.74, 6) is -0.223. The first-order valence-electron chi connectivity index (χ1n) is 11.4. The molecule has 12 heteroatoms. The minimum absolute atomic E-state index is 0.136. The average Bonchev–Trinajstić information content (AvgIpc) is 3.16. The van der Waals surface area contributed by atoms with Gasteiger partial charge in [0.05, 0.1) is 27.4 Å². The van der Waals surface area contributed by atoms with E-state index < -0.39 is 27.1 Å². The second-order valence-electron chi connectivity index (χ2n) is 7.98. The van der Waals surface area contributed by atoms with Gasteiger partial charge in [0.15, 0.2) is 11.5 Å². The quantitative estimate of drug-likeness (QED) is 0.174. The zero-order chi connectivity index (χ0) is 27.2. The van der Waals surface area contributed by atoms with E-state index in [1.165, 1.54) is 11.0 Å². The maximum absolute atomic E-state index is 12.9. The number of imide groups is 1. The van der Waals surface area contributed by atoms with E-state index in [0.717, 1.165) is 35.5 Å².